The third-order valence-electron chi connectivity index (χ3n) is 4.63. The Morgan fingerprint density at radius 3 is 2.52 bits per heavy atom. The van der Waals surface area contributed by atoms with Crippen LogP contribution in [0, 0.1) is 5.92 Å². The highest BCUT2D eigenvalue weighted by Crippen LogP contribution is 2.20. The van der Waals surface area contributed by atoms with Crippen LogP contribution in [-0.2, 0) is 4.74 Å². The zero-order chi connectivity index (χ0) is 17.3. The molecule has 1 rings (SSSR count). The van der Waals surface area contributed by atoms with Gasteiger partial charge in [0.1, 0.15) is 5.60 Å². The highest BCUT2D eigenvalue weighted by atomic mass is 16.6. The van der Waals surface area contributed by atoms with Crippen LogP contribution in [0.25, 0.3) is 0 Å². The minimum Gasteiger partial charge on any atom is -0.444 e. The maximum atomic E-state index is 11.9. The van der Waals surface area contributed by atoms with Crippen molar-refractivity contribution in [2.24, 2.45) is 5.92 Å². The monoisotopic (exact) mass is 326 g/mol. The van der Waals surface area contributed by atoms with Crippen LogP contribution in [0.4, 0.5) is 4.79 Å². The first-order chi connectivity index (χ1) is 10.8. The van der Waals surface area contributed by atoms with Gasteiger partial charge in [0.2, 0.25) is 0 Å². The summed E-state index contributed by atoms with van der Waals surface area (Å²) in [4.78, 5) is 11.9. The Morgan fingerprint density at radius 1 is 1.22 bits per heavy atom. The summed E-state index contributed by atoms with van der Waals surface area (Å²) in [7, 11) is 0. The molecule has 0 spiro atoms. The number of amides is 1. The average Bonchev–Trinajstić information content (AvgIpc) is 2.46. The molecule has 1 aliphatic carbocycles. The molecule has 1 saturated carbocycles. The molecule has 1 fully saturated rings. The lowest BCUT2D eigenvalue weighted by molar-refractivity contribution is 0.0488. The molecule has 0 saturated heterocycles. The highest BCUT2D eigenvalue weighted by molar-refractivity contribution is 5.68. The molecule has 1 amide bonds. The van der Waals surface area contributed by atoms with E-state index in [1.165, 1.54) is 38.5 Å². The third kappa shape index (κ3) is 9.19. The van der Waals surface area contributed by atoms with Crippen LogP contribution in [0.2, 0.25) is 0 Å². The molecule has 3 unspecified atom stereocenters. The van der Waals surface area contributed by atoms with E-state index >= 15 is 0 Å². The summed E-state index contributed by atoms with van der Waals surface area (Å²) >= 11 is 0. The maximum absolute atomic E-state index is 11.9. The molecule has 136 valence electrons. The molecule has 23 heavy (non-hydrogen) atoms. The van der Waals surface area contributed by atoms with Crippen molar-refractivity contribution in [1.82, 2.24) is 10.6 Å². The lowest BCUT2D eigenvalue weighted by Crippen LogP contribution is -2.46. The molecule has 1 aliphatic rings. The number of hydrogen-bond acceptors (Lipinski definition) is 3. The fourth-order valence-electron chi connectivity index (χ4n) is 3.26. The van der Waals surface area contributed by atoms with E-state index in [0.29, 0.717) is 6.04 Å². The fraction of sp³-hybridized carbons (Fsp3) is 0.947. The summed E-state index contributed by atoms with van der Waals surface area (Å²) in [6, 6.07) is 0.770. The van der Waals surface area contributed by atoms with Gasteiger partial charge in [0.25, 0.3) is 0 Å². The minimum absolute atomic E-state index is 0.242. The van der Waals surface area contributed by atoms with Gasteiger partial charge in [-0.15, -0.1) is 0 Å². The van der Waals surface area contributed by atoms with Gasteiger partial charge in [-0.25, -0.2) is 4.79 Å². The number of carbonyl (C=O) groups excluding carboxylic acids is 1. The Morgan fingerprint density at radius 2 is 1.91 bits per heavy atom. The summed E-state index contributed by atoms with van der Waals surface area (Å²) < 4.78 is 5.37. The van der Waals surface area contributed by atoms with Crippen molar-refractivity contribution in [3.8, 4) is 0 Å². The van der Waals surface area contributed by atoms with Gasteiger partial charge < -0.3 is 15.4 Å². The van der Waals surface area contributed by atoms with E-state index in [4.69, 9.17) is 4.74 Å². The van der Waals surface area contributed by atoms with Gasteiger partial charge >= 0.3 is 6.09 Å². The van der Waals surface area contributed by atoms with Gasteiger partial charge in [-0.05, 0) is 65.3 Å². The molecular weight excluding hydrogens is 288 g/mol. The van der Waals surface area contributed by atoms with Crippen molar-refractivity contribution >= 4 is 6.09 Å². The number of hydrogen-bond donors (Lipinski definition) is 2. The van der Waals surface area contributed by atoms with E-state index in [-0.39, 0.29) is 12.1 Å². The van der Waals surface area contributed by atoms with Crippen LogP contribution in [0.5, 0.6) is 0 Å². The first-order valence-electron chi connectivity index (χ1n) is 9.57. The number of unbranched alkanes of at least 4 members (excludes halogenated alkanes) is 1. The Kier molecular flexibility index (Phi) is 8.96. The van der Waals surface area contributed by atoms with Crippen LogP contribution in [0.15, 0.2) is 0 Å². The average molecular weight is 327 g/mol. The molecule has 2 N–H and O–H groups in total. The molecule has 0 aromatic rings. The normalized spacial score (nSPS) is 23.3. The van der Waals surface area contributed by atoms with Crippen molar-refractivity contribution in [1.29, 1.82) is 0 Å². The molecule has 3 atom stereocenters. The summed E-state index contributed by atoms with van der Waals surface area (Å²) in [6.45, 7) is 11.4. The second kappa shape index (κ2) is 10.2. The van der Waals surface area contributed by atoms with E-state index in [1.54, 1.807) is 0 Å². The number of rotatable bonds is 8. The van der Waals surface area contributed by atoms with E-state index in [9.17, 15) is 4.79 Å². The van der Waals surface area contributed by atoms with Crippen LogP contribution < -0.4 is 10.6 Å². The predicted octanol–water partition coefficient (Wildman–Crippen LogP) is 4.63. The van der Waals surface area contributed by atoms with E-state index < -0.39 is 5.60 Å². The smallest absolute Gasteiger partial charge is 0.407 e. The fourth-order valence-corrected chi connectivity index (χ4v) is 3.26. The van der Waals surface area contributed by atoms with Gasteiger partial charge in [-0.2, -0.15) is 0 Å². The zero-order valence-corrected chi connectivity index (χ0v) is 15.9. The minimum atomic E-state index is -0.427. The van der Waals surface area contributed by atoms with Gasteiger partial charge in [0.05, 0.1) is 0 Å². The summed E-state index contributed by atoms with van der Waals surface area (Å²) in [6.07, 6.45) is 9.37. The maximum Gasteiger partial charge on any atom is 0.407 e. The number of ether oxygens (including phenoxy) is 1. The zero-order valence-electron chi connectivity index (χ0n) is 15.9. The first kappa shape index (κ1) is 20.3. The predicted molar refractivity (Wildman–Crippen MR) is 96.7 cm³/mol. The molecule has 4 heteroatoms. The summed E-state index contributed by atoms with van der Waals surface area (Å²) in [5.74, 6) is 0.786. The topological polar surface area (TPSA) is 50.4 Å². The third-order valence-corrected chi connectivity index (χ3v) is 4.63. The van der Waals surface area contributed by atoms with Crippen LogP contribution in [0.3, 0.4) is 0 Å². The van der Waals surface area contributed by atoms with E-state index in [2.05, 4.69) is 24.5 Å². The van der Waals surface area contributed by atoms with Gasteiger partial charge in [-0.3, -0.25) is 0 Å². The molecule has 0 aliphatic heterocycles. The number of alkyl carbamates (subject to hydrolysis) is 1. The van der Waals surface area contributed by atoms with Crippen molar-refractivity contribution < 1.29 is 9.53 Å². The largest absolute Gasteiger partial charge is 0.444 e. The lowest BCUT2D eigenvalue weighted by atomic mass is 9.90. The Labute approximate surface area is 143 Å². The number of nitrogens with one attached hydrogen (secondary N) is 2. The van der Waals surface area contributed by atoms with Crippen LogP contribution >= 0.6 is 0 Å². The van der Waals surface area contributed by atoms with E-state index in [1.807, 2.05) is 20.8 Å². The van der Waals surface area contributed by atoms with Gasteiger partial charge in [0, 0.05) is 12.1 Å². The second-order valence-corrected chi connectivity index (χ2v) is 8.03. The number of carbonyl (C=O) groups is 1. The van der Waals surface area contributed by atoms with Gasteiger partial charge in [-0.1, -0.05) is 33.1 Å². The van der Waals surface area contributed by atoms with Crippen LogP contribution in [0.1, 0.15) is 86.0 Å². The second-order valence-electron chi connectivity index (χ2n) is 8.03. The van der Waals surface area contributed by atoms with Crippen molar-refractivity contribution in [3.63, 3.8) is 0 Å². The molecule has 0 bridgehead atoms. The first-order valence-corrected chi connectivity index (χ1v) is 9.57. The van der Waals surface area contributed by atoms with Gasteiger partial charge in [0.15, 0.2) is 0 Å². The standard InChI is InChI=1S/C19H38N2O2/c1-6-8-10-15(7-2)14-20-16-11-9-12-17(13-16)21-18(22)23-19(3,4)5/h15-17,20H,6-14H2,1-5H3,(H,21,22). The Bertz CT molecular complexity index is 339. The SMILES string of the molecule is CCCCC(CC)CNC1CCCC(NC(=O)OC(C)(C)C)C1. The quantitative estimate of drug-likeness (QED) is 0.684. The van der Waals surface area contributed by atoms with Crippen molar-refractivity contribution in [3.05, 3.63) is 0 Å². The highest BCUT2D eigenvalue weighted by Gasteiger charge is 2.25. The molecule has 4 nitrogen and oxygen atoms in total. The molecule has 0 heterocycles. The lowest BCUT2D eigenvalue weighted by Gasteiger charge is -2.32. The van der Waals surface area contributed by atoms with Crippen molar-refractivity contribution in [2.45, 2.75) is 104 Å². The van der Waals surface area contributed by atoms with Crippen LogP contribution in [-0.4, -0.2) is 30.3 Å². The molecular formula is C19H38N2O2. The Balaban J connectivity index is 2.32. The molecule has 0 aromatic carbocycles. The van der Waals surface area contributed by atoms with E-state index in [0.717, 1.165) is 25.3 Å². The molecule has 0 aromatic heterocycles. The Hall–Kier alpha value is -0.770. The van der Waals surface area contributed by atoms with Crippen molar-refractivity contribution in [2.75, 3.05) is 6.54 Å². The summed E-state index contributed by atoms with van der Waals surface area (Å²) in [5.41, 5.74) is -0.427. The molecule has 0 radical (unpaired) electrons. The summed E-state index contributed by atoms with van der Waals surface area (Å²) in [5, 5.41) is 6.78.